The third-order valence-corrected chi connectivity index (χ3v) is 4.67. The van der Waals surface area contributed by atoms with Gasteiger partial charge in [0.2, 0.25) is 0 Å². The predicted molar refractivity (Wildman–Crippen MR) is 77.4 cm³/mol. The van der Waals surface area contributed by atoms with Gasteiger partial charge in [0.05, 0.1) is 17.7 Å². The average molecular weight is 299 g/mol. The van der Waals surface area contributed by atoms with Gasteiger partial charge in [-0.1, -0.05) is 23.7 Å². The summed E-state index contributed by atoms with van der Waals surface area (Å²) in [4.78, 5) is 2.45. The highest BCUT2D eigenvalue weighted by Crippen LogP contribution is 2.25. The van der Waals surface area contributed by atoms with E-state index in [-0.39, 0.29) is 23.0 Å². The van der Waals surface area contributed by atoms with Crippen molar-refractivity contribution in [3.05, 3.63) is 34.6 Å². The van der Waals surface area contributed by atoms with E-state index < -0.39 is 0 Å². The van der Waals surface area contributed by atoms with E-state index in [0.717, 1.165) is 19.7 Å². The molecular weight excluding hydrogens is 279 g/mol. The van der Waals surface area contributed by atoms with Gasteiger partial charge in [-0.2, -0.15) is 0 Å². The first kappa shape index (κ1) is 14.3. The maximum Gasteiger partial charge on any atom is 0.145 e. The summed E-state index contributed by atoms with van der Waals surface area (Å²) in [5.41, 5.74) is 6.79. The van der Waals surface area contributed by atoms with E-state index in [1.807, 2.05) is 0 Å². The number of benzene rings is 1. The van der Waals surface area contributed by atoms with Crippen molar-refractivity contribution in [3.8, 4) is 0 Å². The number of fused-ring (bicyclic) bond motifs is 1. The topological polar surface area (TPSA) is 38.5 Å². The van der Waals surface area contributed by atoms with Crippen molar-refractivity contribution in [1.29, 1.82) is 0 Å². The molecule has 2 heterocycles. The summed E-state index contributed by atoms with van der Waals surface area (Å²) in [6.45, 7) is 2.73. The van der Waals surface area contributed by atoms with Crippen molar-refractivity contribution in [2.45, 2.75) is 37.5 Å². The van der Waals surface area contributed by atoms with Crippen molar-refractivity contribution in [3.63, 3.8) is 0 Å². The van der Waals surface area contributed by atoms with E-state index in [2.05, 4.69) is 4.90 Å². The second-order valence-corrected chi connectivity index (χ2v) is 6.15. The van der Waals surface area contributed by atoms with Crippen LogP contribution in [0.2, 0.25) is 5.02 Å². The fourth-order valence-electron chi connectivity index (χ4n) is 3.19. The molecule has 0 aliphatic carbocycles. The zero-order chi connectivity index (χ0) is 14.1. The zero-order valence-corrected chi connectivity index (χ0v) is 12.2. The average Bonchev–Trinajstić information content (AvgIpc) is 2.91. The molecule has 20 heavy (non-hydrogen) atoms. The number of ether oxygens (including phenoxy) is 1. The lowest BCUT2D eigenvalue weighted by atomic mass is 10.00. The molecule has 2 N–H and O–H groups in total. The van der Waals surface area contributed by atoms with Gasteiger partial charge in [0, 0.05) is 18.6 Å². The van der Waals surface area contributed by atoms with Crippen LogP contribution in [-0.4, -0.2) is 42.8 Å². The van der Waals surface area contributed by atoms with Crippen molar-refractivity contribution in [1.82, 2.24) is 4.90 Å². The molecule has 3 rings (SSSR count). The van der Waals surface area contributed by atoms with E-state index in [1.165, 1.54) is 12.8 Å². The van der Waals surface area contributed by atoms with E-state index in [9.17, 15) is 4.39 Å². The molecule has 1 aromatic rings. The second-order valence-electron chi connectivity index (χ2n) is 5.74. The van der Waals surface area contributed by atoms with Crippen molar-refractivity contribution in [2.75, 3.05) is 19.7 Å². The number of hydrogen-bond acceptors (Lipinski definition) is 3. The largest absolute Gasteiger partial charge is 0.374 e. The molecule has 0 amide bonds. The highest BCUT2D eigenvalue weighted by atomic mass is 35.5. The van der Waals surface area contributed by atoms with E-state index in [0.29, 0.717) is 18.0 Å². The molecule has 2 aliphatic rings. The molecule has 0 spiro atoms. The van der Waals surface area contributed by atoms with Crippen LogP contribution in [0.3, 0.4) is 0 Å². The molecule has 3 atom stereocenters. The number of nitrogens with zero attached hydrogens (tertiary/aromatic N) is 1. The fourth-order valence-corrected chi connectivity index (χ4v) is 3.39. The Balaban J connectivity index is 1.64. The molecule has 2 fully saturated rings. The number of rotatable bonds is 3. The van der Waals surface area contributed by atoms with Crippen LogP contribution in [0.1, 0.15) is 18.4 Å². The lowest BCUT2D eigenvalue weighted by molar-refractivity contribution is -0.0590. The molecule has 3 nitrogen and oxygen atoms in total. The third-order valence-electron chi connectivity index (χ3n) is 4.38. The van der Waals surface area contributed by atoms with Gasteiger partial charge in [-0.05, 0) is 37.4 Å². The van der Waals surface area contributed by atoms with Crippen LogP contribution in [0.5, 0.6) is 0 Å². The summed E-state index contributed by atoms with van der Waals surface area (Å²) in [6.07, 6.45) is 2.88. The summed E-state index contributed by atoms with van der Waals surface area (Å²) >= 11 is 5.80. The zero-order valence-electron chi connectivity index (χ0n) is 11.4. The van der Waals surface area contributed by atoms with Gasteiger partial charge in [-0.15, -0.1) is 0 Å². The van der Waals surface area contributed by atoms with Crippen LogP contribution in [-0.2, 0) is 11.2 Å². The molecule has 0 saturated carbocycles. The van der Waals surface area contributed by atoms with Crippen LogP contribution < -0.4 is 5.73 Å². The Hall–Kier alpha value is -0.680. The first-order valence-electron chi connectivity index (χ1n) is 7.19. The summed E-state index contributed by atoms with van der Waals surface area (Å²) in [7, 11) is 0. The monoisotopic (exact) mass is 298 g/mol. The van der Waals surface area contributed by atoms with E-state index >= 15 is 0 Å². The SMILES string of the molecule is NC(Cc1cccc(Cl)c1F)C1CN2CCCC2CO1. The predicted octanol–water partition coefficient (Wildman–Crippen LogP) is 2.21. The first-order chi connectivity index (χ1) is 9.65. The maximum absolute atomic E-state index is 13.9. The minimum Gasteiger partial charge on any atom is -0.374 e. The fraction of sp³-hybridized carbons (Fsp3) is 0.600. The Morgan fingerprint density at radius 3 is 3.20 bits per heavy atom. The van der Waals surface area contributed by atoms with Crippen LogP contribution in [0, 0.1) is 5.82 Å². The molecule has 3 unspecified atom stereocenters. The van der Waals surface area contributed by atoms with Gasteiger partial charge in [0.15, 0.2) is 0 Å². The Labute approximate surface area is 123 Å². The lowest BCUT2D eigenvalue weighted by Gasteiger charge is -2.37. The third kappa shape index (κ3) is 2.84. The van der Waals surface area contributed by atoms with E-state index in [1.54, 1.807) is 18.2 Å². The molecule has 0 bridgehead atoms. The van der Waals surface area contributed by atoms with Gasteiger partial charge >= 0.3 is 0 Å². The molecule has 0 aromatic heterocycles. The molecule has 2 saturated heterocycles. The summed E-state index contributed by atoms with van der Waals surface area (Å²) in [6, 6.07) is 5.40. The molecule has 2 aliphatic heterocycles. The standard InChI is InChI=1S/C15H20ClFN2O/c16-12-5-1-3-10(15(12)17)7-13(18)14-8-19-6-2-4-11(19)9-20-14/h1,3,5,11,13-14H,2,4,6-9,18H2. The highest BCUT2D eigenvalue weighted by Gasteiger charge is 2.34. The highest BCUT2D eigenvalue weighted by molar-refractivity contribution is 6.30. The maximum atomic E-state index is 13.9. The quantitative estimate of drug-likeness (QED) is 0.930. The Morgan fingerprint density at radius 2 is 2.35 bits per heavy atom. The van der Waals surface area contributed by atoms with Crippen molar-refractivity contribution < 1.29 is 9.13 Å². The van der Waals surface area contributed by atoms with Crippen molar-refractivity contribution >= 4 is 11.6 Å². The van der Waals surface area contributed by atoms with E-state index in [4.69, 9.17) is 22.1 Å². The number of halogens is 2. The minimum absolute atomic E-state index is 0.0252. The smallest absolute Gasteiger partial charge is 0.145 e. The first-order valence-corrected chi connectivity index (χ1v) is 7.57. The Kier molecular flexibility index (Phi) is 4.26. The number of hydrogen-bond donors (Lipinski definition) is 1. The van der Waals surface area contributed by atoms with Crippen molar-refractivity contribution in [2.24, 2.45) is 5.73 Å². The normalized spacial score (nSPS) is 28.4. The Bertz CT molecular complexity index is 485. The van der Waals surface area contributed by atoms with Gasteiger partial charge in [-0.3, -0.25) is 4.90 Å². The van der Waals surface area contributed by atoms with Crippen LogP contribution in [0.25, 0.3) is 0 Å². The van der Waals surface area contributed by atoms with Gasteiger partial charge in [-0.25, -0.2) is 4.39 Å². The number of nitrogens with two attached hydrogens (primary N) is 1. The summed E-state index contributed by atoms with van der Waals surface area (Å²) in [5, 5.41) is 0.152. The van der Waals surface area contributed by atoms with Gasteiger partial charge in [0.1, 0.15) is 5.82 Å². The Morgan fingerprint density at radius 1 is 1.50 bits per heavy atom. The minimum atomic E-state index is -0.362. The second kappa shape index (κ2) is 5.98. The van der Waals surface area contributed by atoms with Gasteiger partial charge < -0.3 is 10.5 Å². The molecule has 0 radical (unpaired) electrons. The number of morpholine rings is 1. The molecule has 5 heteroatoms. The molecule has 1 aromatic carbocycles. The van der Waals surface area contributed by atoms with Gasteiger partial charge in [0.25, 0.3) is 0 Å². The molecule has 110 valence electrons. The van der Waals surface area contributed by atoms with Crippen LogP contribution in [0.15, 0.2) is 18.2 Å². The summed E-state index contributed by atoms with van der Waals surface area (Å²) < 4.78 is 19.8. The summed E-state index contributed by atoms with van der Waals surface area (Å²) in [5.74, 6) is -0.362. The van der Waals surface area contributed by atoms with Crippen LogP contribution >= 0.6 is 11.6 Å². The van der Waals surface area contributed by atoms with Crippen LogP contribution in [0.4, 0.5) is 4.39 Å². The lowest BCUT2D eigenvalue weighted by Crippen LogP contribution is -2.53. The molecular formula is C15H20ClFN2O.